The minimum absolute atomic E-state index is 0.167. The Kier molecular flexibility index (Phi) is 3.89. The predicted molar refractivity (Wildman–Crippen MR) is 94.7 cm³/mol. The Hall–Kier alpha value is -2.64. The standard InChI is InChI=1S/C19H16N2OS/c1-11-4-6-14(12(2)8-11)17-9-15(16(10-20)19(22)21-17)18-7-5-13(3)23-18/h4-9H,1-3H3,(H,21,22). The molecule has 0 fully saturated rings. The van der Waals surface area contributed by atoms with Gasteiger partial charge in [-0.05, 0) is 44.5 Å². The van der Waals surface area contributed by atoms with Crippen molar-refractivity contribution in [2.75, 3.05) is 0 Å². The first kappa shape index (κ1) is 15.3. The molecule has 4 heteroatoms. The average Bonchev–Trinajstić information content (AvgIpc) is 2.93. The number of thiophene rings is 1. The van der Waals surface area contributed by atoms with Gasteiger partial charge in [0.15, 0.2) is 0 Å². The normalized spacial score (nSPS) is 10.5. The second-order valence-corrected chi connectivity index (χ2v) is 6.93. The lowest BCUT2D eigenvalue weighted by Crippen LogP contribution is -2.12. The molecule has 114 valence electrons. The van der Waals surface area contributed by atoms with Gasteiger partial charge in [0.1, 0.15) is 11.6 Å². The number of hydrogen-bond donors (Lipinski definition) is 1. The number of aromatic amines is 1. The number of rotatable bonds is 2. The summed E-state index contributed by atoms with van der Waals surface area (Å²) in [5, 5.41) is 9.35. The molecule has 0 amide bonds. The van der Waals surface area contributed by atoms with Gasteiger partial charge in [0.2, 0.25) is 0 Å². The molecule has 1 aromatic carbocycles. The lowest BCUT2D eigenvalue weighted by atomic mass is 9.99. The number of aromatic nitrogens is 1. The number of benzene rings is 1. The highest BCUT2D eigenvalue weighted by Gasteiger charge is 2.14. The molecule has 0 radical (unpaired) electrons. The fourth-order valence-corrected chi connectivity index (χ4v) is 3.60. The van der Waals surface area contributed by atoms with E-state index < -0.39 is 0 Å². The van der Waals surface area contributed by atoms with Crippen LogP contribution in [0.4, 0.5) is 0 Å². The van der Waals surface area contributed by atoms with Crippen molar-refractivity contribution in [2.45, 2.75) is 20.8 Å². The van der Waals surface area contributed by atoms with Crippen molar-refractivity contribution in [2.24, 2.45) is 0 Å². The molecule has 0 aliphatic rings. The van der Waals surface area contributed by atoms with Crippen LogP contribution in [-0.4, -0.2) is 4.98 Å². The first-order valence-electron chi connectivity index (χ1n) is 7.31. The van der Waals surface area contributed by atoms with Crippen molar-refractivity contribution < 1.29 is 0 Å². The van der Waals surface area contributed by atoms with Crippen LogP contribution in [0, 0.1) is 32.1 Å². The van der Waals surface area contributed by atoms with Gasteiger partial charge in [0.05, 0.1) is 0 Å². The average molecular weight is 320 g/mol. The number of H-pyrrole nitrogens is 1. The molecule has 23 heavy (non-hydrogen) atoms. The van der Waals surface area contributed by atoms with Crippen molar-refractivity contribution in [3.05, 3.63) is 68.3 Å². The molecular weight excluding hydrogens is 304 g/mol. The Labute approximate surface area is 138 Å². The Balaban J connectivity index is 2.27. The molecule has 0 saturated carbocycles. The van der Waals surface area contributed by atoms with Gasteiger partial charge in [0.25, 0.3) is 5.56 Å². The molecule has 1 N–H and O–H groups in total. The molecular formula is C19H16N2OS. The van der Waals surface area contributed by atoms with Gasteiger partial charge >= 0.3 is 0 Å². The number of nitrogens with one attached hydrogen (secondary N) is 1. The Bertz CT molecular complexity index is 989. The maximum atomic E-state index is 12.4. The van der Waals surface area contributed by atoms with Crippen LogP contribution in [0.25, 0.3) is 21.7 Å². The minimum Gasteiger partial charge on any atom is -0.321 e. The molecule has 0 aliphatic heterocycles. The molecule has 3 rings (SSSR count). The summed E-state index contributed by atoms with van der Waals surface area (Å²) in [6.07, 6.45) is 0. The van der Waals surface area contributed by atoms with E-state index in [0.29, 0.717) is 5.56 Å². The summed E-state index contributed by atoms with van der Waals surface area (Å²) >= 11 is 1.59. The summed E-state index contributed by atoms with van der Waals surface area (Å²) in [6, 6.07) is 14.0. The summed E-state index contributed by atoms with van der Waals surface area (Å²) in [4.78, 5) is 17.3. The van der Waals surface area contributed by atoms with E-state index in [1.807, 2.05) is 57.2 Å². The molecule has 3 nitrogen and oxygen atoms in total. The summed E-state index contributed by atoms with van der Waals surface area (Å²) in [7, 11) is 0. The second kappa shape index (κ2) is 5.86. The maximum absolute atomic E-state index is 12.4. The first-order chi connectivity index (χ1) is 11.0. The molecule has 3 aromatic rings. The third-order valence-electron chi connectivity index (χ3n) is 3.82. The van der Waals surface area contributed by atoms with E-state index in [-0.39, 0.29) is 11.1 Å². The van der Waals surface area contributed by atoms with Crippen molar-refractivity contribution in [1.82, 2.24) is 4.98 Å². The first-order valence-corrected chi connectivity index (χ1v) is 8.13. The third-order valence-corrected chi connectivity index (χ3v) is 4.86. The minimum atomic E-state index is -0.342. The fraction of sp³-hybridized carbons (Fsp3) is 0.158. The third kappa shape index (κ3) is 2.84. The number of pyridine rings is 1. The molecule has 2 aromatic heterocycles. The quantitative estimate of drug-likeness (QED) is 0.752. The molecule has 0 bridgehead atoms. The highest BCUT2D eigenvalue weighted by atomic mass is 32.1. The molecule has 0 atom stereocenters. The van der Waals surface area contributed by atoms with Crippen LogP contribution in [0.5, 0.6) is 0 Å². The molecule has 0 unspecified atom stereocenters. The Morgan fingerprint density at radius 1 is 1.04 bits per heavy atom. The largest absolute Gasteiger partial charge is 0.321 e. The van der Waals surface area contributed by atoms with E-state index in [1.54, 1.807) is 11.3 Å². The van der Waals surface area contributed by atoms with E-state index in [4.69, 9.17) is 0 Å². The van der Waals surface area contributed by atoms with Crippen LogP contribution in [-0.2, 0) is 0 Å². The second-order valence-electron chi connectivity index (χ2n) is 5.64. The summed E-state index contributed by atoms with van der Waals surface area (Å²) in [5.74, 6) is 0. The van der Waals surface area contributed by atoms with Gasteiger partial charge in [-0.2, -0.15) is 5.26 Å². The molecule has 2 heterocycles. The number of nitrogens with zero attached hydrogens (tertiary/aromatic N) is 1. The van der Waals surface area contributed by atoms with E-state index in [0.717, 1.165) is 26.6 Å². The lowest BCUT2D eigenvalue weighted by molar-refractivity contribution is 1.21. The van der Waals surface area contributed by atoms with Gasteiger partial charge in [-0.3, -0.25) is 4.79 Å². The smallest absolute Gasteiger partial charge is 0.267 e. The van der Waals surface area contributed by atoms with Gasteiger partial charge in [-0.1, -0.05) is 23.8 Å². The zero-order valence-corrected chi connectivity index (χ0v) is 14.0. The maximum Gasteiger partial charge on any atom is 0.267 e. The number of aryl methyl sites for hydroxylation is 3. The van der Waals surface area contributed by atoms with Crippen molar-refractivity contribution >= 4 is 11.3 Å². The van der Waals surface area contributed by atoms with Crippen LogP contribution in [0.15, 0.2) is 41.2 Å². The van der Waals surface area contributed by atoms with Crippen molar-refractivity contribution in [3.63, 3.8) is 0 Å². The highest BCUT2D eigenvalue weighted by Crippen LogP contribution is 2.32. The van der Waals surface area contributed by atoms with E-state index in [9.17, 15) is 10.1 Å². The SMILES string of the molecule is Cc1ccc(-c2cc(-c3ccc(C)s3)c(C#N)c(=O)[nH]2)c(C)c1. The lowest BCUT2D eigenvalue weighted by Gasteiger charge is -2.09. The van der Waals surface area contributed by atoms with Crippen molar-refractivity contribution in [1.29, 1.82) is 5.26 Å². The Morgan fingerprint density at radius 2 is 1.83 bits per heavy atom. The highest BCUT2D eigenvalue weighted by molar-refractivity contribution is 7.15. The number of hydrogen-bond acceptors (Lipinski definition) is 3. The van der Waals surface area contributed by atoms with E-state index in [1.165, 1.54) is 5.56 Å². The van der Waals surface area contributed by atoms with Gasteiger partial charge in [0, 0.05) is 26.6 Å². The summed E-state index contributed by atoms with van der Waals surface area (Å²) in [6.45, 7) is 6.07. The fourth-order valence-electron chi connectivity index (χ4n) is 2.71. The van der Waals surface area contributed by atoms with Crippen LogP contribution in [0.1, 0.15) is 21.6 Å². The predicted octanol–water partition coefficient (Wildman–Crippen LogP) is 4.57. The molecule has 0 aliphatic carbocycles. The zero-order valence-electron chi connectivity index (χ0n) is 13.2. The van der Waals surface area contributed by atoms with Crippen LogP contribution >= 0.6 is 11.3 Å². The van der Waals surface area contributed by atoms with Crippen LogP contribution in [0.2, 0.25) is 0 Å². The van der Waals surface area contributed by atoms with Gasteiger partial charge in [-0.15, -0.1) is 11.3 Å². The van der Waals surface area contributed by atoms with Crippen molar-refractivity contribution in [3.8, 4) is 27.8 Å². The summed E-state index contributed by atoms with van der Waals surface area (Å²) in [5.41, 5.74) is 4.52. The van der Waals surface area contributed by atoms with E-state index in [2.05, 4.69) is 11.1 Å². The Morgan fingerprint density at radius 3 is 2.43 bits per heavy atom. The zero-order chi connectivity index (χ0) is 16.6. The number of nitriles is 1. The van der Waals surface area contributed by atoms with Gasteiger partial charge in [-0.25, -0.2) is 0 Å². The topological polar surface area (TPSA) is 56.6 Å². The molecule has 0 spiro atoms. The van der Waals surface area contributed by atoms with E-state index >= 15 is 0 Å². The van der Waals surface area contributed by atoms with Crippen LogP contribution in [0.3, 0.4) is 0 Å². The monoisotopic (exact) mass is 320 g/mol. The summed E-state index contributed by atoms with van der Waals surface area (Å²) < 4.78 is 0. The van der Waals surface area contributed by atoms with Crippen LogP contribution < -0.4 is 5.56 Å². The molecule has 0 saturated heterocycles. The van der Waals surface area contributed by atoms with Gasteiger partial charge < -0.3 is 4.98 Å².